The molecule has 220 valence electrons. The number of ether oxygens (including phenoxy) is 2. The van der Waals surface area contributed by atoms with E-state index < -0.39 is 5.91 Å². The van der Waals surface area contributed by atoms with Crippen LogP contribution in [0.5, 0.6) is 11.5 Å². The summed E-state index contributed by atoms with van der Waals surface area (Å²) in [4.78, 5) is 45.5. The van der Waals surface area contributed by atoms with E-state index in [1.165, 1.54) is 0 Å². The number of nitrogens with one attached hydrogen (secondary N) is 2. The molecule has 3 aromatic rings. The summed E-state index contributed by atoms with van der Waals surface area (Å²) in [6, 6.07) is 13.5. The van der Waals surface area contributed by atoms with Gasteiger partial charge >= 0.3 is 6.09 Å². The molecule has 3 heterocycles. The summed E-state index contributed by atoms with van der Waals surface area (Å²) in [6.45, 7) is 2.52. The zero-order chi connectivity index (χ0) is 29.5. The summed E-state index contributed by atoms with van der Waals surface area (Å²) in [5, 5.41) is 14.3. The van der Waals surface area contributed by atoms with Gasteiger partial charge in [-0.3, -0.25) is 9.59 Å². The number of likely N-dealkylation sites (tertiary alicyclic amines) is 1. The maximum Gasteiger partial charge on any atom is 0.415 e. The summed E-state index contributed by atoms with van der Waals surface area (Å²) in [7, 11) is 1.57. The second-order valence-corrected chi connectivity index (χ2v) is 10.2. The van der Waals surface area contributed by atoms with Crippen molar-refractivity contribution in [1.82, 2.24) is 25.4 Å². The fourth-order valence-electron chi connectivity index (χ4n) is 4.98. The van der Waals surface area contributed by atoms with Crippen LogP contribution in [0, 0.1) is 0 Å². The van der Waals surface area contributed by atoms with Gasteiger partial charge in [-0.05, 0) is 80.6 Å². The molecule has 2 aliphatic rings. The second kappa shape index (κ2) is 13.1. The Hall–Kier alpha value is -4.94. The van der Waals surface area contributed by atoms with Crippen molar-refractivity contribution in [2.45, 2.75) is 38.1 Å². The molecule has 0 aliphatic carbocycles. The van der Waals surface area contributed by atoms with E-state index in [2.05, 4.69) is 25.8 Å². The van der Waals surface area contributed by atoms with Gasteiger partial charge in [0, 0.05) is 43.5 Å². The summed E-state index contributed by atoms with van der Waals surface area (Å²) in [5.74, 6) is 0.576. The van der Waals surface area contributed by atoms with Crippen molar-refractivity contribution in [3.8, 4) is 11.5 Å². The van der Waals surface area contributed by atoms with Gasteiger partial charge in [-0.25, -0.2) is 4.79 Å². The highest BCUT2D eigenvalue weighted by Crippen LogP contribution is 2.24. The number of carbonyl (C=O) groups is 3. The van der Waals surface area contributed by atoms with Gasteiger partial charge in [-0.2, -0.15) is 4.98 Å². The summed E-state index contributed by atoms with van der Waals surface area (Å²) in [5.41, 5.74) is 6.56. The van der Waals surface area contributed by atoms with Crippen molar-refractivity contribution in [3.05, 3.63) is 59.8 Å². The number of methoxy groups -OCH3 is 1. The molecular formula is C29H34N8O5. The lowest BCUT2D eigenvalue weighted by Gasteiger charge is -2.33. The Kier molecular flexibility index (Phi) is 8.95. The molecule has 2 saturated heterocycles. The van der Waals surface area contributed by atoms with Crippen molar-refractivity contribution < 1.29 is 23.9 Å². The number of hydrogen-bond donors (Lipinski definition) is 3. The van der Waals surface area contributed by atoms with Crippen molar-refractivity contribution in [2.75, 3.05) is 43.5 Å². The number of amides is 3. The number of nitrogens with two attached hydrogens (primary N) is 1. The number of carbonyl (C=O) groups excluding carboxylic acids is 3. The first-order valence-electron chi connectivity index (χ1n) is 14.0. The van der Waals surface area contributed by atoms with Crippen LogP contribution >= 0.6 is 0 Å². The smallest absolute Gasteiger partial charge is 0.415 e. The third kappa shape index (κ3) is 7.03. The zero-order valence-electron chi connectivity index (χ0n) is 23.4. The average molecular weight is 575 g/mol. The van der Waals surface area contributed by atoms with E-state index in [-0.39, 0.29) is 29.6 Å². The van der Waals surface area contributed by atoms with Crippen molar-refractivity contribution in [1.29, 1.82) is 0 Å². The van der Waals surface area contributed by atoms with Crippen LogP contribution < -0.4 is 30.7 Å². The third-order valence-corrected chi connectivity index (χ3v) is 7.24. The number of hydrogen-bond acceptors (Lipinski definition) is 10. The van der Waals surface area contributed by atoms with Crippen molar-refractivity contribution >= 4 is 35.4 Å². The third-order valence-electron chi connectivity index (χ3n) is 7.24. The molecule has 1 unspecified atom stereocenters. The molecule has 1 aromatic heterocycles. The number of aromatic nitrogens is 3. The molecular weight excluding hydrogens is 540 g/mol. The molecule has 0 bridgehead atoms. The van der Waals surface area contributed by atoms with E-state index in [1.807, 2.05) is 4.90 Å². The Morgan fingerprint density at radius 2 is 1.62 bits per heavy atom. The molecule has 13 nitrogen and oxygen atoms in total. The molecule has 13 heteroatoms. The van der Waals surface area contributed by atoms with Crippen LogP contribution in [0.4, 0.5) is 22.2 Å². The number of piperidine rings is 2. The van der Waals surface area contributed by atoms with Crippen LogP contribution in [0.2, 0.25) is 0 Å². The largest absolute Gasteiger partial charge is 0.497 e. The van der Waals surface area contributed by atoms with Crippen LogP contribution in [-0.4, -0.2) is 77.3 Å². The predicted molar refractivity (Wildman–Crippen MR) is 155 cm³/mol. The first kappa shape index (κ1) is 28.6. The van der Waals surface area contributed by atoms with Crippen LogP contribution in [0.3, 0.4) is 0 Å². The molecule has 5 rings (SSSR count). The topological polar surface area (TPSA) is 165 Å². The number of nitrogens with zero attached hydrogens (tertiary/aromatic N) is 5. The van der Waals surface area contributed by atoms with E-state index in [4.69, 9.17) is 15.2 Å². The standard InChI is InChI=1S/C29H34N8O5/c1-41-22-11-7-19(8-12-22)27(39)32-21-6-5-17-37(18-21)28-33-26(24(25(30)38)34-35-28)31-20-9-13-23(14-10-20)42-29(40)36-15-3-2-4-16-36/h7-14,21H,2-6,15-18H2,1H3,(H2,30,38)(H,32,39)(H,31,33,35). The van der Waals surface area contributed by atoms with Crippen LogP contribution in [0.1, 0.15) is 53.0 Å². The van der Waals surface area contributed by atoms with Gasteiger partial charge in [0.15, 0.2) is 11.5 Å². The molecule has 0 saturated carbocycles. The second-order valence-electron chi connectivity index (χ2n) is 10.2. The molecule has 1 atom stereocenters. The maximum absolute atomic E-state index is 12.8. The molecule has 42 heavy (non-hydrogen) atoms. The van der Waals surface area contributed by atoms with Crippen LogP contribution in [0.15, 0.2) is 48.5 Å². The first-order valence-corrected chi connectivity index (χ1v) is 14.0. The van der Waals surface area contributed by atoms with E-state index in [1.54, 1.807) is 60.5 Å². The molecule has 3 amide bonds. The van der Waals surface area contributed by atoms with Gasteiger partial charge in [0.2, 0.25) is 5.95 Å². The van der Waals surface area contributed by atoms with Crippen LogP contribution in [0.25, 0.3) is 0 Å². The molecule has 0 radical (unpaired) electrons. The fourth-order valence-corrected chi connectivity index (χ4v) is 4.98. The van der Waals surface area contributed by atoms with Crippen molar-refractivity contribution in [3.63, 3.8) is 0 Å². The molecule has 2 aliphatic heterocycles. The van der Waals surface area contributed by atoms with Gasteiger partial charge in [0.05, 0.1) is 7.11 Å². The quantitative estimate of drug-likeness (QED) is 0.364. The zero-order valence-corrected chi connectivity index (χ0v) is 23.4. The summed E-state index contributed by atoms with van der Waals surface area (Å²) >= 11 is 0. The van der Waals surface area contributed by atoms with E-state index >= 15 is 0 Å². The molecule has 2 fully saturated rings. The Morgan fingerprint density at radius 3 is 2.31 bits per heavy atom. The van der Waals surface area contributed by atoms with E-state index in [0.717, 1.165) is 32.1 Å². The van der Waals surface area contributed by atoms with Gasteiger partial charge in [0.25, 0.3) is 11.8 Å². The lowest BCUT2D eigenvalue weighted by atomic mass is 10.1. The van der Waals surface area contributed by atoms with Gasteiger partial charge in [-0.15, -0.1) is 10.2 Å². The SMILES string of the molecule is COc1ccc(C(=O)NC2CCCN(c3nnc(C(N)=O)c(Nc4ccc(OC(=O)N5CCCCC5)cc4)n3)C2)cc1. The first-order chi connectivity index (χ1) is 20.4. The maximum atomic E-state index is 12.8. The van der Waals surface area contributed by atoms with Gasteiger partial charge < -0.3 is 35.6 Å². The van der Waals surface area contributed by atoms with Crippen LogP contribution in [-0.2, 0) is 0 Å². The lowest BCUT2D eigenvalue weighted by Crippen LogP contribution is -2.48. The van der Waals surface area contributed by atoms with Gasteiger partial charge in [-0.1, -0.05) is 0 Å². The highest BCUT2D eigenvalue weighted by atomic mass is 16.6. The molecule has 0 spiro atoms. The minimum absolute atomic E-state index is 0.110. The number of benzene rings is 2. The molecule has 4 N–H and O–H groups in total. The van der Waals surface area contributed by atoms with E-state index in [0.29, 0.717) is 54.9 Å². The summed E-state index contributed by atoms with van der Waals surface area (Å²) < 4.78 is 10.7. The minimum atomic E-state index is -0.778. The number of anilines is 3. The Morgan fingerprint density at radius 1 is 0.905 bits per heavy atom. The summed E-state index contributed by atoms with van der Waals surface area (Å²) in [6.07, 6.45) is 4.31. The average Bonchev–Trinajstić information content (AvgIpc) is 3.02. The fraction of sp³-hybridized carbons (Fsp3) is 0.379. The lowest BCUT2D eigenvalue weighted by molar-refractivity contribution is 0.0931. The Bertz CT molecular complexity index is 1410. The highest BCUT2D eigenvalue weighted by Gasteiger charge is 2.26. The predicted octanol–water partition coefficient (Wildman–Crippen LogP) is 3.11. The van der Waals surface area contributed by atoms with Crippen molar-refractivity contribution in [2.24, 2.45) is 5.73 Å². The Labute approximate surface area is 243 Å². The number of primary amides is 1. The molecule has 2 aromatic carbocycles. The Balaban J connectivity index is 1.24. The normalized spacial score (nSPS) is 16.8. The van der Waals surface area contributed by atoms with E-state index in [9.17, 15) is 14.4 Å². The van der Waals surface area contributed by atoms with Gasteiger partial charge in [0.1, 0.15) is 11.5 Å². The monoisotopic (exact) mass is 574 g/mol. The highest BCUT2D eigenvalue weighted by molar-refractivity contribution is 5.96. The number of rotatable bonds is 8. The minimum Gasteiger partial charge on any atom is -0.497 e.